The molecule has 2 amide bonds. The van der Waals surface area contributed by atoms with E-state index in [-0.39, 0.29) is 11.8 Å². The summed E-state index contributed by atoms with van der Waals surface area (Å²) in [4.78, 5) is 26.9. The summed E-state index contributed by atoms with van der Waals surface area (Å²) in [6.07, 6.45) is 0.854. The Bertz CT molecular complexity index is 788. The van der Waals surface area contributed by atoms with Crippen LogP contribution in [0.15, 0.2) is 42.5 Å². The molecule has 0 bridgehead atoms. The number of carbonyl (C=O) groups is 2. The average molecular weight is 355 g/mol. The summed E-state index contributed by atoms with van der Waals surface area (Å²) in [6, 6.07) is 12.3. The predicted molar refractivity (Wildman–Crippen MR) is 104 cm³/mol. The maximum absolute atomic E-state index is 12.6. The van der Waals surface area contributed by atoms with Crippen molar-refractivity contribution in [3.05, 3.63) is 53.6 Å². The third-order valence-corrected chi connectivity index (χ3v) is 3.87. The molecule has 0 atom stereocenters. The lowest BCUT2D eigenvalue weighted by molar-refractivity contribution is 0.0952. The molecule has 0 aliphatic heterocycles. The fourth-order valence-corrected chi connectivity index (χ4v) is 2.55. The standard InChI is InChI=1S/C20H25N3O3/c1-5-12-21-19(24)16-13-14(10-11-17(16)23(2)3)22-20(25)15-8-6-7-9-18(15)26-4/h6-11,13H,5,12H2,1-4H3,(H,21,24)(H,22,25). The van der Waals surface area contributed by atoms with E-state index in [1.54, 1.807) is 36.4 Å². The van der Waals surface area contributed by atoms with Gasteiger partial charge in [-0.15, -0.1) is 0 Å². The van der Waals surface area contributed by atoms with Crippen molar-refractivity contribution in [2.24, 2.45) is 0 Å². The van der Waals surface area contributed by atoms with Gasteiger partial charge in [0.2, 0.25) is 0 Å². The molecule has 0 saturated carbocycles. The van der Waals surface area contributed by atoms with Crippen molar-refractivity contribution >= 4 is 23.2 Å². The largest absolute Gasteiger partial charge is 0.496 e. The predicted octanol–water partition coefficient (Wildman–Crippen LogP) is 3.15. The van der Waals surface area contributed by atoms with E-state index >= 15 is 0 Å². The zero-order chi connectivity index (χ0) is 19.1. The number of hydrogen-bond donors (Lipinski definition) is 2. The van der Waals surface area contributed by atoms with Crippen LogP contribution in [0.4, 0.5) is 11.4 Å². The summed E-state index contributed by atoms with van der Waals surface area (Å²) in [5.41, 5.74) is 2.28. The Hall–Kier alpha value is -3.02. The Morgan fingerprint density at radius 3 is 2.42 bits per heavy atom. The molecule has 0 saturated heterocycles. The fourth-order valence-electron chi connectivity index (χ4n) is 2.55. The van der Waals surface area contributed by atoms with E-state index in [1.165, 1.54) is 7.11 Å². The smallest absolute Gasteiger partial charge is 0.259 e. The van der Waals surface area contributed by atoms with Gasteiger partial charge in [0.15, 0.2) is 0 Å². The third-order valence-electron chi connectivity index (χ3n) is 3.87. The lowest BCUT2D eigenvalue weighted by Gasteiger charge is -2.18. The number of carbonyl (C=O) groups excluding carboxylic acids is 2. The number of rotatable bonds is 7. The molecular weight excluding hydrogens is 330 g/mol. The molecule has 0 aromatic heterocycles. The lowest BCUT2D eigenvalue weighted by Crippen LogP contribution is -2.26. The van der Waals surface area contributed by atoms with E-state index < -0.39 is 0 Å². The van der Waals surface area contributed by atoms with Crippen molar-refractivity contribution in [3.8, 4) is 5.75 Å². The van der Waals surface area contributed by atoms with Crippen molar-refractivity contribution in [1.29, 1.82) is 0 Å². The number of methoxy groups -OCH3 is 1. The molecule has 0 spiro atoms. The number of anilines is 2. The van der Waals surface area contributed by atoms with Gasteiger partial charge in [0.25, 0.3) is 11.8 Å². The number of nitrogens with one attached hydrogen (secondary N) is 2. The molecule has 0 unspecified atom stereocenters. The fraction of sp³-hybridized carbons (Fsp3) is 0.300. The van der Waals surface area contributed by atoms with E-state index in [0.29, 0.717) is 29.1 Å². The van der Waals surface area contributed by atoms with Crippen LogP contribution in [0.3, 0.4) is 0 Å². The molecule has 2 aromatic carbocycles. The van der Waals surface area contributed by atoms with Crippen molar-refractivity contribution in [2.45, 2.75) is 13.3 Å². The van der Waals surface area contributed by atoms with Gasteiger partial charge in [-0.05, 0) is 36.8 Å². The van der Waals surface area contributed by atoms with Gasteiger partial charge < -0.3 is 20.3 Å². The normalized spacial score (nSPS) is 10.2. The summed E-state index contributed by atoms with van der Waals surface area (Å²) in [7, 11) is 5.27. The molecule has 0 aliphatic rings. The minimum Gasteiger partial charge on any atom is -0.496 e. The van der Waals surface area contributed by atoms with Crippen LogP contribution in [-0.4, -0.2) is 39.6 Å². The minimum absolute atomic E-state index is 0.163. The molecule has 6 heteroatoms. The Kier molecular flexibility index (Phi) is 6.60. The Balaban J connectivity index is 2.29. The van der Waals surface area contributed by atoms with Crippen LogP contribution in [-0.2, 0) is 0 Å². The number of ether oxygens (including phenoxy) is 1. The second kappa shape index (κ2) is 8.89. The van der Waals surface area contributed by atoms with Gasteiger partial charge in [-0.1, -0.05) is 19.1 Å². The van der Waals surface area contributed by atoms with E-state index in [4.69, 9.17) is 4.74 Å². The SMILES string of the molecule is CCCNC(=O)c1cc(NC(=O)c2ccccc2OC)ccc1N(C)C. The van der Waals surface area contributed by atoms with Crippen LogP contribution >= 0.6 is 0 Å². The Labute approximate surface area is 154 Å². The van der Waals surface area contributed by atoms with Crippen LogP contribution in [0.5, 0.6) is 5.75 Å². The number of para-hydroxylation sites is 1. The number of amides is 2. The number of benzene rings is 2. The first-order valence-corrected chi connectivity index (χ1v) is 8.51. The minimum atomic E-state index is -0.292. The molecule has 0 heterocycles. The Morgan fingerprint density at radius 1 is 1.04 bits per heavy atom. The summed E-state index contributed by atoms with van der Waals surface area (Å²) in [5.74, 6) is 0.0414. The third kappa shape index (κ3) is 4.53. The average Bonchev–Trinajstić information content (AvgIpc) is 2.65. The van der Waals surface area contributed by atoms with Crippen LogP contribution < -0.4 is 20.3 Å². The van der Waals surface area contributed by atoms with Crippen molar-refractivity contribution in [3.63, 3.8) is 0 Å². The molecule has 138 valence electrons. The van der Waals surface area contributed by atoms with Crippen molar-refractivity contribution < 1.29 is 14.3 Å². The summed E-state index contributed by atoms with van der Waals surface area (Å²) < 4.78 is 5.23. The van der Waals surface area contributed by atoms with Crippen LogP contribution in [0, 0.1) is 0 Å². The second-order valence-corrected chi connectivity index (χ2v) is 6.04. The topological polar surface area (TPSA) is 70.7 Å². The van der Waals surface area contributed by atoms with Gasteiger partial charge in [0.1, 0.15) is 5.75 Å². The van der Waals surface area contributed by atoms with E-state index in [0.717, 1.165) is 12.1 Å². The zero-order valence-electron chi connectivity index (χ0n) is 15.6. The molecule has 0 fully saturated rings. The highest BCUT2D eigenvalue weighted by Crippen LogP contribution is 2.24. The first-order chi connectivity index (χ1) is 12.5. The Morgan fingerprint density at radius 2 is 1.77 bits per heavy atom. The molecular formula is C20H25N3O3. The zero-order valence-corrected chi connectivity index (χ0v) is 15.6. The van der Waals surface area contributed by atoms with Gasteiger partial charge in [-0.3, -0.25) is 9.59 Å². The number of hydrogen-bond acceptors (Lipinski definition) is 4. The first-order valence-electron chi connectivity index (χ1n) is 8.51. The van der Waals surface area contributed by atoms with Gasteiger partial charge in [-0.25, -0.2) is 0 Å². The van der Waals surface area contributed by atoms with Crippen LogP contribution in [0.2, 0.25) is 0 Å². The van der Waals surface area contributed by atoms with Gasteiger partial charge in [0.05, 0.1) is 18.2 Å². The van der Waals surface area contributed by atoms with E-state index in [1.807, 2.05) is 32.0 Å². The maximum atomic E-state index is 12.6. The van der Waals surface area contributed by atoms with Crippen molar-refractivity contribution in [2.75, 3.05) is 38.0 Å². The quantitative estimate of drug-likeness (QED) is 0.800. The van der Waals surface area contributed by atoms with Crippen LogP contribution in [0.25, 0.3) is 0 Å². The molecule has 26 heavy (non-hydrogen) atoms. The highest BCUT2D eigenvalue weighted by molar-refractivity contribution is 6.07. The summed E-state index contributed by atoms with van der Waals surface area (Å²) >= 11 is 0. The second-order valence-electron chi connectivity index (χ2n) is 6.04. The summed E-state index contributed by atoms with van der Waals surface area (Å²) in [5, 5.41) is 5.71. The van der Waals surface area contributed by atoms with Gasteiger partial charge in [-0.2, -0.15) is 0 Å². The highest BCUT2D eigenvalue weighted by Gasteiger charge is 2.16. The summed E-state index contributed by atoms with van der Waals surface area (Å²) in [6.45, 7) is 2.60. The molecule has 6 nitrogen and oxygen atoms in total. The van der Waals surface area contributed by atoms with E-state index in [9.17, 15) is 9.59 Å². The van der Waals surface area contributed by atoms with Crippen molar-refractivity contribution in [1.82, 2.24) is 5.32 Å². The maximum Gasteiger partial charge on any atom is 0.259 e. The number of nitrogens with zero attached hydrogens (tertiary/aromatic N) is 1. The van der Waals surface area contributed by atoms with Gasteiger partial charge in [0, 0.05) is 32.0 Å². The lowest BCUT2D eigenvalue weighted by atomic mass is 10.1. The molecule has 0 radical (unpaired) electrons. The van der Waals surface area contributed by atoms with E-state index in [2.05, 4.69) is 10.6 Å². The molecule has 2 rings (SSSR count). The first kappa shape index (κ1) is 19.3. The molecule has 0 aliphatic carbocycles. The molecule has 2 aromatic rings. The molecule has 2 N–H and O–H groups in total. The monoisotopic (exact) mass is 355 g/mol. The van der Waals surface area contributed by atoms with Crippen LogP contribution in [0.1, 0.15) is 34.1 Å². The highest BCUT2D eigenvalue weighted by atomic mass is 16.5. The van der Waals surface area contributed by atoms with Gasteiger partial charge >= 0.3 is 0 Å².